The van der Waals surface area contributed by atoms with Gasteiger partial charge in [-0.05, 0) is 67.9 Å². The Kier molecular flexibility index (Phi) is 4.52. The Morgan fingerprint density at radius 2 is 1.91 bits per heavy atom. The van der Waals surface area contributed by atoms with Gasteiger partial charge >= 0.3 is 0 Å². The molecule has 1 atom stereocenters. The van der Waals surface area contributed by atoms with E-state index in [9.17, 15) is 4.39 Å². The lowest BCUT2D eigenvalue weighted by molar-refractivity contribution is 0.187. The molecule has 1 saturated heterocycles. The van der Waals surface area contributed by atoms with Gasteiger partial charge in [-0.1, -0.05) is 18.2 Å². The van der Waals surface area contributed by atoms with E-state index in [-0.39, 0.29) is 17.3 Å². The quantitative estimate of drug-likeness (QED) is 0.499. The Morgan fingerprint density at radius 1 is 1.12 bits per heavy atom. The van der Waals surface area contributed by atoms with Crippen molar-refractivity contribution in [3.05, 3.63) is 77.1 Å². The van der Waals surface area contributed by atoms with Crippen LogP contribution in [0.4, 0.5) is 10.2 Å². The van der Waals surface area contributed by atoms with Crippen LogP contribution in [0.15, 0.2) is 48.8 Å². The molecule has 2 aliphatic rings. The van der Waals surface area contributed by atoms with E-state index in [1.807, 2.05) is 29.8 Å². The molecule has 6 nitrogen and oxygen atoms in total. The smallest absolute Gasteiger partial charge is 0.155 e. The van der Waals surface area contributed by atoms with E-state index in [4.69, 9.17) is 10.7 Å². The molecule has 0 radical (unpaired) electrons. The van der Waals surface area contributed by atoms with Crippen molar-refractivity contribution in [1.82, 2.24) is 19.6 Å². The molecule has 6 rings (SSSR count). The molecule has 33 heavy (non-hydrogen) atoms. The molecule has 7 heteroatoms. The topological polar surface area (TPSA) is 72.3 Å². The summed E-state index contributed by atoms with van der Waals surface area (Å²) < 4.78 is 16.4. The third-order valence-electron chi connectivity index (χ3n) is 7.54. The van der Waals surface area contributed by atoms with Crippen molar-refractivity contribution >= 4 is 11.3 Å². The Morgan fingerprint density at radius 3 is 2.70 bits per heavy atom. The first-order valence-corrected chi connectivity index (χ1v) is 11.5. The predicted molar refractivity (Wildman–Crippen MR) is 127 cm³/mol. The fourth-order valence-corrected chi connectivity index (χ4v) is 5.73. The summed E-state index contributed by atoms with van der Waals surface area (Å²) in [5, 5.41) is 4.53. The third-order valence-corrected chi connectivity index (χ3v) is 7.54. The van der Waals surface area contributed by atoms with Gasteiger partial charge in [0.25, 0.3) is 0 Å². The molecular formula is C26H27FN6. The van der Waals surface area contributed by atoms with E-state index >= 15 is 0 Å². The maximum absolute atomic E-state index is 14.6. The first-order chi connectivity index (χ1) is 16.0. The number of aromatic nitrogens is 4. The fourth-order valence-electron chi connectivity index (χ4n) is 5.73. The van der Waals surface area contributed by atoms with Crippen molar-refractivity contribution in [3.63, 3.8) is 0 Å². The summed E-state index contributed by atoms with van der Waals surface area (Å²) in [6.07, 6.45) is 6.62. The van der Waals surface area contributed by atoms with Crippen molar-refractivity contribution < 1.29 is 4.39 Å². The normalized spacial score (nSPS) is 19.4. The molecule has 4 aromatic rings. The zero-order chi connectivity index (χ0) is 22.7. The summed E-state index contributed by atoms with van der Waals surface area (Å²) in [6.45, 7) is 5.73. The van der Waals surface area contributed by atoms with E-state index in [2.05, 4.69) is 28.0 Å². The Labute approximate surface area is 192 Å². The Balaban J connectivity index is 1.33. The average molecular weight is 443 g/mol. The van der Waals surface area contributed by atoms with Gasteiger partial charge in [-0.3, -0.25) is 4.98 Å². The van der Waals surface area contributed by atoms with E-state index in [1.165, 1.54) is 11.6 Å². The van der Waals surface area contributed by atoms with Crippen LogP contribution < -0.4 is 10.6 Å². The number of fused-ring (bicyclic) bond motifs is 2. The Hall–Kier alpha value is -3.32. The van der Waals surface area contributed by atoms with Crippen molar-refractivity contribution in [2.45, 2.75) is 39.2 Å². The van der Waals surface area contributed by atoms with Crippen molar-refractivity contribution in [2.24, 2.45) is 11.1 Å². The number of hydrogen-bond donors (Lipinski definition) is 1. The number of halogens is 1. The summed E-state index contributed by atoms with van der Waals surface area (Å²) in [5.74, 6) is 0.628. The fraction of sp³-hybridized carbons (Fsp3) is 0.346. The molecule has 0 unspecified atom stereocenters. The molecule has 3 aromatic heterocycles. The van der Waals surface area contributed by atoms with Gasteiger partial charge in [-0.25, -0.2) is 13.9 Å². The van der Waals surface area contributed by atoms with E-state index in [0.717, 1.165) is 60.6 Å². The number of rotatable bonds is 2. The van der Waals surface area contributed by atoms with Gasteiger partial charge in [0.2, 0.25) is 0 Å². The first kappa shape index (κ1) is 20.3. The van der Waals surface area contributed by atoms with Gasteiger partial charge in [-0.15, -0.1) is 0 Å². The maximum atomic E-state index is 14.6. The minimum Gasteiger partial charge on any atom is -0.355 e. The molecule has 1 aliphatic heterocycles. The monoisotopic (exact) mass is 442 g/mol. The van der Waals surface area contributed by atoms with E-state index in [1.54, 1.807) is 18.3 Å². The second-order valence-electron chi connectivity index (χ2n) is 9.53. The maximum Gasteiger partial charge on any atom is 0.155 e. The highest BCUT2D eigenvalue weighted by molar-refractivity contribution is 5.75. The molecule has 1 fully saturated rings. The molecule has 4 heterocycles. The van der Waals surface area contributed by atoms with Crippen LogP contribution in [-0.4, -0.2) is 32.7 Å². The molecule has 1 aromatic carbocycles. The zero-order valence-corrected chi connectivity index (χ0v) is 18.9. The second-order valence-corrected chi connectivity index (χ2v) is 9.53. The van der Waals surface area contributed by atoms with Crippen LogP contribution in [-0.2, 0) is 6.42 Å². The lowest BCUT2D eigenvalue weighted by Crippen LogP contribution is -2.44. The number of nitrogens with two attached hydrogens (primary N) is 1. The van der Waals surface area contributed by atoms with Crippen LogP contribution in [0.2, 0.25) is 0 Å². The summed E-state index contributed by atoms with van der Waals surface area (Å²) in [4.78, 5) is 12.0. The van der Waals surface area contributed by atoms with Crippen LogP contribution in [0.5, 0.6) is 0 Å². The Bertz CT molecular complexity index is 1370. The molecule has 0 amide bonds. The number of benzene rings is 1. The van der Waals surface area contributed by atoms with E-state index in [0.29, 0.717) is 11.3 Å². The van der Waals surface area contributed by atoms with Gasteiger partial charge in [0.05, 0.1) is 17.6 Å². The minimum atomic E-state index is -0.273. The number of aryl methyl sites for hydroxylation is 2. The first-order valence-electron chi connectivity index (χ1n) is 11.5. The van der Waals surface area contributed by atoms with Crippen LogP contribution >= 0.6 is 0 Å². The standard InChI is InChI=1S/C26H27FN6/c1-16-13-19-21(29-15-16)14-26(24(19)28)8-11-32(12-9-26)25-22-7-10-30-33(22)23(17(2)31-25)18-5-3-4-6-20(18)27/h3-7,10,13,15,24H,8-9,11-12,14,28H2,1-2H3/t24-/m1/s1. The number of piperidine rings is 1. The van der Waals surface area contributed by atoms with Crippen LogP contribution in [0.1, 0.15) is 41.4 Å². The van der Waals surface area contributed by atoms with Crippen molar-refractivity contribution in [2.75, 3.05) is 18.0 Å². The van der Waals surface area contributed by atoms with Crippen molar-refractivity contribution in [3.8, 4) is 11.3 Å². The number of pyridine rings is 1. The SMILES string of the molecule is Cc1cnc2c(c1)[C@@H](N)C1(CCN(c3nc(C)c(-c4ccccc4F)n4nccc34)CC1)C2. The number of anilines is 1. The summed E-state index contributed by atoms with van der Waals surface area (Å²) >= 11 is 0. The highest BCUT2D eigenvalue weighted by Gasteiger charge is 2.47. The minimum absolute atomic E-state index is 0.0233. The largest absolute Gasteiger partial charge is 0.355 e. The molecule has 1 spiro atoms. The van der Waals surface area contributed by atoms with Gasteiger partial charge < -0.3 is 10.6 Å². The van der Waals surface area contributed by atoms with Gasteiger partial charge in [0, 0.05) is 36.6 Å². The van der Waals surface area contributed by atoms with Crippen molar-refractivity contribution in [1.29, 1.82) is 0 Å². The highest BCUT2D eigenvalue weighted by atomic mass is 19.1. The van der Waals surface area contributed by atoms with Crippen LogP contribution in [0, 0.1) is 25.1 Å². The number of nitrogens with zero attached hydrogens (tertiary/aromatic N) is 5. The van der Waals surface area contributed by atoms with Gasteiger partial charge in [0.15, 0.2) is 5.82 Å². The molecule has 168 valence electrons. The summed E-state index contributed by atoms with van der Waals surface area (Å²) in [7, 11) is 0. The molecular weight excluding hydrogens is 415 g/mol. The molecule has 2 N–H and O–H groups in total. The zero-order valence-electron chi connectivity index (χ0n) is 18.9. The third kappa shape index (κ3) is 3.06. The van der Waals surface area contributed by atoms with Gasteiger partial charge in [0.1, 0.15) is 11.3 Å². The average Bonchev–Trinajstić information content (AvgIpc) is 3.39. The summed E-state index contributed by atoms with van der Waals surface area (Å²) in [6, 6.07) is 11.0. The molecule has 1 aliphatic carbocycles. The molecule has 0 saturated carbocycles. The van der Waals surface area contributed by atoms with Crippen LogP contribution in [0.25, 0.3) is 16.8 Å². The highest BCUT2D eigenvalue weighted by Crippen LogP contribution is 2.50. The lowest BCUT2D eigenvalue weighted by Gasteiger charge is -2.42. The number of hydrogen-bond acceptors (Lipinski definition) is 5. The van der Waals surface area contributed by atoms with Gasteiger partial charge in [-0.2, -0.15) is 5.10 Å². The lowest BCUT2D eigenvalue weighted by atomic mass is 9.73. The predicted octanol–water partition coefficient (Wildman–Crippen LogP) is 4.39. The van der Waals surface area contributed by atoms with Crippen LogP contribution in [0.3, 0.4) is 0 Å². The summed E-state index contributed by atoms with van der Waals surface area (Å²) in [5.41, 5.74) is 13.2. The molecule has 0 bridgehead atoms. The second kappa shape index (κ2) is 7.35. The van der Waals surface area contributed by atoms with E-state index < -0.39 is 0 Å².